The molecule has 0 aliphatic carbocycles. The molecule has 0 N–H and O–H groups in total. The molecule has 0 heterocycles. The molecule has 0 aromatic heterocycles. The van der Waals surface area contributed by atoms with Crippen LogP contribution in [-0.2, 0) is 14.3 Å². The van der Waals surface area contributed by atoms with E-state index < -0.39 is 24.9 Å². The number of hydrogen-bond donors (Lipinski definition) is 0. The average Bonchev–Trinajstić information content (AvgIpc) is 2.22. The zero-order valence-electron chi connectivity index (χ0n) is 8.64. The van der Waals surface area contributed by atoms with Crippen molar-refractivity contribution in [1.29, 1.82) is 0 Å². The smallest absolute Gasteiger partial charge is 0.340 e. The lowest BCUT2D eigenvalue weighted by molar-refractivity contribution is -0.177. The van der Waals surface area contributed by atoms with Gasteiger partial charge in [0.15, 0.2) is 6.61 Å². The van der Waals surface area contributed by atoms with Gasteiger partial charge in [-0.3, -0.25) is 0 Å². The summed E-state index contributed by atoms with van der Waals surface area (Å²) >= 11 is 0. The lowest BCUT2D eigenvalue weighted by Gasteiger charge is -2.15. The van der Waals surface area contributed by atoms with E-state index in [1.807, 2.05) is 0 Å². The molecule has 0 rings (SSSR count). The largest absolute Gasteiger partial charge is 0.456 e. The monoisotopic (exact) mass is 244 g/mol. The Morgan fingerprint density at radius 2 is 2.00 bits per heavy atom. The molecule has 16 heavy (non-hydrogen) atoms. The highest BCUT2D eigenvalue weighted by molar-refractivity contribution is 5.87. The standard InChI is InChI=1S/C9H12F4O3/c1-3-15-4-6(2)7(14)16-5-9(12,13)8(10)11/h8H,2-5H2,1H3. The summed E-state index contributed by atoms with van der Waals surface area (Å²) in [6.45, 7) is 3.31. The van der Waals surface area contributed by atoms with Crippen molar-refractivity contribution in [3.8, 4) is 0 Å². The Labute approximate surface area is 90.0 Å². The summed E-state index contributed by atoms with van der Waals surface area (Å²) in [5, 5.41) is 0. The maximum Gasteiger partial charge on any atom is 0.340 e. The number of carbonyl (C=O) groups is 1. The van der Waals surface area contributed by atoms with E-state index in [0.717, 1.165) is 0 Å². The molecule has 0 aliphatic heterocycles. The Morgan fingerprint density at radius 3 is 2.44 bits per heavy atom. The van der Waals surface area contributed by atoms with Crippen LogP contribution in [0.4, 0.5) is 17.6 Å². The molecule has 94 valence electrons. The van der Waals surface area contributed by atoms with Crippen LogP contribution in [0.3, 0.4) is 0 Å². The van der Waals surface area contributed by atoms with Crippen LogP contribution in [0.5, 0.6) is 0 Å². The van der Waals surface area contributed by atoms with Crippen molar-refractivity contribution in [2.75, 3.05) is 19.8 Å². The van der Waals surface area contributed by atoms with E-state index in [4.69, 9.17) is 4.74 Å². The number of rotatable bonds is 7. The predicted octanol–water partition coefficient (Wildman–Crippen LogP) is 2.02. The van der Waals surface area contributed by atoms with Gasteiger partial charge in [-0.25, -0.2) is 13.6 Å². The molecule has 0 fully saturated rings. The minimum atomic E-state index is -4.35. The molecule has 7 heteroatoms. The van der Waals surface area contributed by atoms with Gasteiger partial charge in [-0.05, 0) is 6.92 Å². The molecular weight excluding hydrogens is 232 g/mol. The number of ether oxygens (including phenoxy) is 2. The van der Waals surface area contributed by atoms with Gasteiger partial charge in [-0.1, -0.05) is 6.58 Å². The first-order valence-electron chi connectivity index (χ1n) is 4.40. The van der Waals surface area contributed by atoms with Crippen LogP contribution in [0, 0.1) is 0 Å². The molecule has 0 aromatic carbocycles. The minimum Gasteiger partial charge on any atom is -0.456 e. The van der Waals surface area contributed by atoms with Crippen LogP contribution in [0.25, 0.3) is 0 Å². The van der Waals surface area contributed by atoms with Gasteiger partial charge in [0, 0.05) is 6.61 Å². The maximum atomic E-state index is 12.3. The summed E-state index contributed by atoms with van der Waals surface area (Å²) in [5.41, 5.74) is -0.202. The highest BCUT2D eigenvalue weighted by Gasteiger charge is 2.42. The van der Waals surface area contributed by atoms with E-state index >= 15 is 0 Å². The molecule has 0 saturated carbocycles. The van der Waals surface area contributed by atoms with Crippen LogP contribution >= 0.6 is 0 Å². The quantitative estimate of drug-likeness (QED) is 0.390. The third-order valence-electron chi connectivity index (χ3n) is 1.48. The summed E-state index contributed by atoms with van der Waals surface area (Å²) in [6, 6.07) is 0. The second-order valence-corrected chi connectivity index (χ2v) is 2.88. The Hall–Kier alpha value is -1.11. The lowest BCUT2D eigenvalue weighted by Crippen LogP contribution is -2.33. The lowest BCUT2D eigenvalue weighted by atomic mass is 10.3. The third kappa shape index (κ3) is 5.11. The number of halogens is 4. The van der Waals surface area contributed by atoms with Crippen LogP contribution in [-0.4, -0.2) is 38.1 Å². The predicted molar refractivity (Wildman–Crippen MR) is 47.5 cm³/mol. The topological polar surface area (TPSA) is 35.5 Å². The van der Waals surface area contributed by atoms with E-state index in [9.17, 15) is 22.4 Å². The Kier molecular flexibility index (Phi) is 6.02. The number of alkyl halides is 4. The zero-order valence-corrected chi connectivity index (χ0v) is 8.64. The fourth-order valence-corrected chi connectivity index (χ4v) is 0.611. The first-order valence-corrected chi connectivity index (χ1v) is 4.40. The van der Waals surface area contributed by atoms with Gasteiger partial charge in [-0.2, -0.15) is 8.78 Å². The van der Waals surface area contributed by atoms with E-state index in [1.54, 1.807) is 6.92 Å². The van der Waals surface area contributed by atoms with Gasteiger partial charge in [0.05, 0.1) is 12.2 Å². The van der Waals surface area contributed by atoms with E-state index in [1.165, 1.54) is 0 Å². The van der Waals surface area contributed by atoms with Crippen LogP contribution in [0.1, 0.15) is 6.92 Å². The van der Waals surface area contributed by atoms with E-state index in [2.05, 4.69) is 11.3 Å². The van der Waals surface area contributed by atoms with Gasteiger partial charge >= 0.3 is 18.3 Å². The van der Waals surface area contributed by atoms with Crippen molar-refractivity contribution in [1.82, 2.24) is 0 Å². The van der Waals surface area contributed by atoms with E-state index in [0.29, 0.717) is 6.61 Å². The summed E-state index contributed by atoms with van der Waals surface area (Å²) < 4.78 is 56.8. The molecule has 0 aromatic rings. The second-order valence-electron chi connectivity index (χ2n) is 2.88. The van der Waals surface area contributed by atoms with Gasteiger partial charge < -0.3 is 9.47 Å². The minimum absolute atomic E-state index is 0.185. The highest BCUT2D eigenvalue weighted by atomic mass is 19.3. The van der Waals surface area contributed by atoms with Crippen molar-refractivity contribution in [3.63, 3.8) is 0 Å². The van der Waals surface area contributed by atoms with Crippen molar-refractivity contribution in [3.05, 3.63) is 12.2 Å². The maximum absolute atomic E-state index is 12.3. The molecule has 0 unspecified atom stereocenters. The first kappa shape index (κ1) is 14.9. The first-order chi connectivity index (χ1) is 7.31. The highest BCUT2D eigenvalue weighted by Crippen LogP contribution is 2.23. The number of carbonyl (C=O) groups excluding carboxylic acids is 1. The molecule has 3 nitrogen and oxygen atoms in total. The van der Waals surface area contributed by atoms with Crippen LogP contribution < -0.4 is 0 Å². The van der Waals surface area contributed by atoms with Gasteiger partial charge in [0.1, 0.15) is 0 Å². The Bertz CT molecular complexity index is 253. The summed E-state index contributed by atoms with van der Waals surface area (Å²) in [6.07, 6.45) is -3.87. The Morgan fingerprint density at radius 1 is 1.44 bits per heavy atom. The molecule has 0 amide bonds. The fraction of sp³-hybridized carbons (Fsp3) is 0.667. The number of esters is 1. The SMILES string of the molecule is C=C(COCC)C(=O)OCC(F)(F)C(F)F. The zero-order chi connectivity index (χ0) is 12.8. The Balaban J connectivity index is 4.02. The van der Waals surface area contributed by atoms with Crippen LogP contribution in [0.15, 0.2) is 12.2 Å². The van der Waals surface area contributed by atoms with Crippen LogP contribution in [0.2, 0.25) is 0 Å². The van der Waals surface area contributed by atoms with Gasteiger partial charge in [-0.15, -0.1) is 0 Å². The van der Waals surface area contributed by atoms with E-state index in [-0.39, 0.29) is 12.2 Å². The summed E-state index contributed by atoms with van der Waals surface area (Å²) in [5.74, 6) is -5.52. The molecule has 0 atom stereocenters. The molecule has 0 radical (unpaired) electrons. The van der Waals surface area contributed by atoms with Gasteiger partial charge in [0.2, 0.25) is 0 Å². The second kappa shape index (κ2) is 6.47. The molecule has 0 bridgehead atoms. The van der Waals surface area contributed by atoms with Crippen molar-refractivity contribution in [2.45, 2.75) is 19.3 Å². The summed E-state index contributed by atoms with van der Waals surface area (Å²) in [7, 11) is 0. The average molecular weight is 244 g/mol. The normalized spacial score (nSPS) is 11.6. The fourth-order valence-electron chi connectivity index (χ4n) is 0.611. The van der Waals surface area contributed by atoms with Crippen molar-refractivity contribution >= 4 is 5.97 Å². The molecular formula is C9H12F4O3. The van der Waals surface area contributed by atoms with Gasteiger partial charge in [0.25, 0.3) is 0 Å². The molecule has 0 spiro atoms. The molecule has 0 aliphatic rings. The third-order valence-corrected chi connectivity index (χ3v) is 1.48. The summed E-state index contributed by atoms with van der Waals surface area (Å²) in [4.78, 5) is 10.9. The molecule has 0 saturated heterocycles. The van der Waals surface area contributed by atoms with Crippen molar-refractivity contribution < 1.29 is 31.8 Å². The number of hydrogen-bond acceptors (Lipinski definition) is 3. The van der Waals surface area contributed by atoms with Crippen molar-refractivity contribution in [2.24, 2.45) is 0 Å².